The summed E-state index contributed by atoms with van der Waals surface area (Å²) in [6.07, 6.45) is 8.27. The number of aromatic amines is 1. The van der Waals surface area contributed by atoms with Crippen LogP contribution >= 0.6 is 23.6 Å². The highest BCUT2D eigenvalue weighted by Crippen LogP contribution is 2.28. The Hall–Kier alpha value is -1.47. The molecule has 2 heterocycles. The topological polar surface area (TPSA) is 62.7 Å². The molecule has 0 aliphatic heterocycles. The van der Waals surface area contributed by atoms with Gasteiger partial charge in [0.15, 0.2) is 10.6 Å². The number of H-pyrrole nitrogens is 1. The Morgan fingerprint density at radius 2 is 2.29 bits per heavy atom. The molecule has 3 rings (SSSR count). The van der Waals surface area contributed by atoms with Crippen molar-refractivity contribution in [2.75, 3.05) is 6.54 Å². The maximum absolute atomic E-state index is 12.1. The Kier molecular flexibility index (Phi) is 6.20. The van der Waals surface area contributed by atoms with Gasteiger partial charge in [-0.15, -0.1) is 11.3 Å². The van der Waals surface area contributed by atoms with Gasteiger partial charge in [-0.2, -0.15) is 5.10 Å². The zero-order chi connectivity index (χ0) is 16.8. The third-order valence-electron chi connectivity index (χ3n) is 4.65. The second-order valence-corrected chi connectivity index (χ2v) is 7.71. The minimum Gasteiger partial charge on any atom is -0.356 e. The maximum Gasteiger partial charge on any atom is 0.221 e. The van der Waals surface area contributed by atoms with Crippen LogP contribution in [0.4, 0.5) is 0 Å². The number of carbonyl (C=O) groups is 1. The highest BCUT2D eigenvalue weighted by Gasteiger charge is 2.14. The average molecular weight is 365 g/mol. The summed E-state index contributed by atoms with van der Waals surface area (Å²) in [6, 6.07) is 3.99. The normalized spacial score (nSPS) is 15.0. The third kappa shape index (κ3) is 4.54. The molecule has 7 heteroatoms. The molecule has 0 spiro atoms. The van der Waals surface area contributed by atoms with E-state index in [2.05, 4.69) is 15.5 Å². The van der Waals surface area contributed by atoms with E-state index in [1.807, 2.05) is 22.1 Å². The van der Waals surface area contributed by atoms with Crippen LogP contribution in [0.25, 0.3) is 10.7 Å². The lowest BCUT2D eigenvalue weighted by atomic mass is 10.0. The van der Waals surface area contributed by atoms with Gasteiger partial charge in [-0.05, 0) is 42.4 Å². The molecule has 0 atom stereocenters. The zero-order valence-corrected chi connectivity index (χ0v) is 15.4. The molecule has 1 aliphatic carbocycles. The molecule has 2 N–H and O–H groups in total. The molecule has 1 amide bonds. The molecule has 1 fully saturated rings. The van der Waals surface area contributed by atoms with Crippen LogP contribution in [0.5, 0.6) is 0 Å². The molecule has 2 aromatic heterocycles. The van der Waals surface area contributed by atoms with E-state index in [9.17, 15) is 4.79 Å². The van der Waals surface area contributed by atoms with E-state index in [1.54, 1.807) is 11.3 Å². The summed E-state index contributed by atoms with van der Waals surface area (Å²) in [6.45, 7) is 1.33. The van der Waals surface area contributed by atoms with Gasteiger partial charge in [0, 0.05) is 19.5 Å². The van der Waals surface area contributed by atoms with E-state index in [-0.39, 0.29) is 5.91 Å². The first-order valence-corrected chi connectivity index (χ1v) is 9.98. The average Bonchev–Trinajstić information content (AvgIpc) is 3.31. The number of nitrogens with one attached hydrogen (secondary N) is 2. The minimum absolute atomic E-state index is 0.0849. The number of hydrogen-bond acceptors (Lipinski definition) is 4. The smallest absolute Gasteiger partial charge is 0.221 e. The van der Waals surface area contributed by atoms with Gasteiger partial charge >= 0.3 is 0 Å². The summed E-state index contributed by atoms with van der Waals surface area (Å²) in [5.41, 5.74) is 0. The van der Waals surface area contributed by atoms with Gasteiger partial charge in [-0.1, -0.05) is 31.7 Å². The fraction of sp³-hybridized carbons (Fsp3) is 0.588. The Labute approximate surface area is 151 Å². The fourth-order valence-electron chi connectivity index (χ4n) is 3.34. The quantitative estimate of drug-likeness (QED) is 0.546. The number of hydrogen-bond donors (Lipinski definition) is 2. The number of rotatable bonds is 8. The van der Waals surface area contributed by atoms with Crippen LogP contribution in [0.3, 0.4) is 0 Å². The molecule has 5 nitrogen and oxygen atoms in total. The molecule has 1 aliphatic rings. The van der Waals surface area contributed by atoms with Crippen molar-refractivity contribution in [1.82, 2.24) is 20.1 Å². The van der Waals surface area contributed by atoms with Gasteiger partial charge in [0.2, 0.25) is 5.91 Å². The van der Waals surface area contributed by atoms with Crippen LogP contribution in [0.1, 0.15) is 44.9 Å². The van der Waals surface area contributed by atoms with Crippen LogP contribution in [0.2, 0.25) is 0 Å². The van der Waals surface area contributed by atoms with Crippen molar-refractivity contribution < 1.29 is 4.79 Å². The maximum atomic E-state index is 12.1. The Bertz CT molecular complexity index is 698. The highest BCUT2D eigenvalue weighted by molar-refractivity contribution is 7.71. The SMILES string of the molecule is O=C(CCn1c(-c2cccs2)n[nH]c1=S)NCCCC1CCCC1. The number of amides is 1. The number of aromatic nitrogens is 3. The second-order valence-electron chi connectivity index (χ2n) is 6.37. The molecular weight excluding hydrogens is 340 g/mol. The van der Waals surface area contributed by atoms with Crippen molar-refractivity contribution in [3.8, 4) is 10.7 Å². The van der Waals surface area contributed by atoms with E-state index in [0.717, 1.165) is 29.6 Å². The molecular formula is C17H24N4OS2. The predicted octanol–water partition coefficient (Wildman–Crippen LogP) is 4.15. The zero-order valence-electron chi connectivity index (χ0n) is 13.8. The monoisotopic (exact) mass is 364 g/mol. The highest BCUT2D eigenvalue weighted by atomic mass is 32.1. The third-order valence-corrected chi connectivity index (χ3v) is 5.83. The van der Waals surface area contributed by atoms with Gasteiger partial charge in [-0.3, -0.25) is 14.5 Å². The standard InChI is InChI=1S/C17H24N4OS2/c22-15(18-10-3-7-13-5-1-2-6-13)9-11-21-16(19-20-17(21)23)14-8-4-12-24-14/h4,8,12-13H,1-3,5-7,9-11H2,(H,18,22)(H,20,23). The van der Waals surface area contributed by atoms with Crippen LogP contribution < -0.4 is 5.32 Å². The Morgan fingerprint density at radius 3 is 3.04 bits per heavy atom. The number of thiophene rings is 1. The second kappa shape index (κ2) is 8.58. The first-order chi connectivity index (χ1) is 11.7. The van der Waals surface area contributed by atoms with Crippen LogP contribution in [0.15, 0.2) is 17.5 Å². The molecule has 2 aromatic rings. The van der Waals surface area contributed by atoms with Gasteiger partial charge in [0.25, 0.3) is 0 Å². The van der Waals surface area contributed by atoms with Gasteiger partial charge in [-0.25, -0.2) is 0 Å². The summed E-state index contributed by atoms with van der Waals surface area (Å²) >= 11 is 6.90. The summed E-state index contributed by atoms with van der Waals surface area (Å²) < 4.78 is 2.46. The Balaban J connectivity index is 1.43. The van der Waals surface area contributed by atoms with Crippen molar-refractivity contribution in [2.45, 2.75) is 51.5 Å². The first-order valence-electron chi connectivity index (χ1n) is 8.70. The molecule has 24 heavy (non-hydrogen) atoms. The van der Waals surface area contributed by atoms with Gasteiger partial charge in [0.1, 0.15) is 0 Å². The van der Waals surface area contributed by atoms with Gasteiger partial charge < -0.3 is 5.32 Å². The van der Waals surface area contributed by atoms with Crippen molar-refractivity contribution in [1.29, 1.82) is 0 Å². The van der Waals surface area contributed by atoms with Crippen molar-refractivity contribution in [3.63, 3.8) is 0 Å². The van der Waals surface area contributed by atoms with Crippen molar-refractivity contribution >= 4 is 29.5 Å². The predicted molar refractivity (Wildman–Crippen MR) is 99.5 cm³/mol. The summed E-state index contributed by atoms with van der Waals surface area (Å²) in [7, 11) is 0. The number of nitrogens with zero attached hydrogens (tertiary/aromatic N) is 2. The fourth-order valence-corrected chi connectivity index (χ4v) is 4.28. The lowest BCUT2D eigenvalue weighted by Gasteiger charge is -2.10. The lowest BCUT2D eigenvalue weighted by molar-refractivity contribution is -0.121. The minimum atomic E-state index is 0.0849. The largest absolute Gasteiger partial charge is 0.356 e. The van der Waals surface area contributed by atoms with E-state index in [1.165, 1.54) is 32.1 Å². The van der Waals surface area contributed by atoms with Crippen LogP contribution in [0, 0.1) is 10.7 Å². The van der Waals surface area contributed by atoms with Gasteiger partial charge in [0.05, 0.1) is 4.88 Å². The molecule has 130 valence electrons. The Morgan fingerprint density at radius 1 is 1.46 bits per heavy atom. The van der Waals surface area contributed by atoms with Crippen molar-refractivity contribution in [2.24, 2.45) is 5.92 Å². The number of carbonyl (C=O) groups excluding carboxylic acids is 1. The van der Waals surface area contributed by atoms with Crippen molar-refractivity contribution in [3.05, 3.63) is 22.3 Å². The summed E-state index contributed by atoms with van der Waals surface area (Å²) in [5.74, 6) is 1.78. The molecule has 0 saturated heterocycles. The van der Waals surface area contributed by atoms with E-state index in [4.69, 9.17) is 12.2 Å². The molecule has 0 radical (unpaired) electrons. The van der Waals surface area contributed by atoms with E-state index in [0.29, 0.717) is 17.7 Å². The molecule has 0 unspecified atom stereocenters. The van der Waals surface area contributed by atoms with E-state index < -0.39 is 0 Å². The molecule has 1 saturated carbocycles. The molecule has 0 aromatic carbocycles. The lowest BCUT2D eigenvalue weighted by Crippen LogP contribution is -2.25. The first kappa shape index (κ1) is 17.4. The van der Waals surface area contributed by atoms with Crippen LogP contribution in [-0.4, -0.2) is 27.2 Å². The van der Waals surface area contributed by atoms with E-state index >= 15 is 0 Å². The summed E-state index contributed by atoms with van der Waals surface area (Å²) in [5, 5.41) is 12.1. The summed E-state index contributed by atoms with van der Waals surface area (Å²) in [4.78, 5) is 13.1. The molecule has 0 bridgehead atoms. The van der Waals surface area contributed by atoms with Crippen LogP contribution in [-0.2, 0) is 11.3 Å².